The first kappa shape index (κ1) is 15.5. The van der Waals surface area contributed by atoms with Gasteiger partial charge in [-0.3, -0.25) is 9.59 Å². The van der Waals surface area contributed by atoms with Gasteiger partial charge in [0.15, 0.2) is 0 Å². The van der Waals surface area contributed by atoms with Crippen LogP contribution in [-0.4, -0.2) is 16.9 Å². The lowest BCUT2D eigenvalue weighted by Crippen LogP contribution is -2.14. The molecule has 0 aromatic carbocycles. The van der Waals surface area contributed by atoms with E-state index in [2.05, 4.69) is 0 Å². The summed E-state index contributed by atoms with van der Waals surface area (Å²) in [5.41, 5.74) is -0.250. The second-order valence-electron chi connectivity index (χ2n) is 7.04. The van der Waals surface area contributed by atoms with E-state index in [1.807, 2.05) is 0 Å². The Kier molecular flexibility index (Phi) is 4.87. The van der Waals surface area contributed by atoms with Gasteiger partial charge in [0, 0.05) is 5.41 Å². The number of rotatable bonds is 11. The van der Waals surface area contributed by atoms with Crippen LogP contribution in [0.5, 0.6) is 0 Å². The molecule has 2 aliphatic carbocycles. The van der Waals surface area contributed by atoms with Gasteiger partial charge in [-0.2, -0.15) is 0 Å². The summed E-state index contributed by atoms with van der Waals surface area (Å²) in [6.45, 7) is 1.74. The van der Waals surface area contributed by atoms with Crippen LogP contribution < -0.4 is 0 Å². The monoisotopic (exact) mass is 280 g/mol. The van der Waals surface area contributed by atoms with Crippen molar-refractivity contribution in [2.75, 3.05) is 0 Å². The number of hydrogen-bond acceptors (Lipinski definition) is 2. The number of ketones is 1. The molecule has 3 heteroatoms. The minimum Gasteiger partial charge on any atom is -0.481 e. The van der Waals surface area contributed by atoms with Crippen molar-refractivity contribution in [1.29, 1.82) is 0 Å². The number of carbonyl (C=O) groups is 2. The average Bonchev–Trinajstić information content (AvgIpc) is 3.26. The van der Waals surface area contributed by atoms with Crippen LogP contribution in [0.2, 0.25) is 0 Å². The quantitative estimate of drug-likeness (QED) is 0.573. The second-order valence-corrected chi connectivity index (χ2v) is 7.04. The molecule has 0 radical (unpaired) electrons. The summed E-state index contributed by atoms with van der Waals surface area (Å²) < 4.78 is 0. The van der Waals surface area contributed by atoms with E-state index in [4.69, 9.17) is 5.11 Å². The molecule has 2 rings (SSSR count). The van der Waals surface area contributed by atoms with Gasteiger partial charge in [0.2, 0.25) is 0 Å². The fourth-order valence-corrected chi connectivity index (χ4v) is 3.28. The zero-order valence-corrected chi connectivity index (χ0v) is 12.7. The lowest BCUT2D eigenvalue weighted by Gasteiger charge is -2.11. The molecule has 0 heterocycles. The number of hydrogen-bond donors (Lipinski definition) is 1. The first-order chi connectivity index (χ1) is 9.51. The van der Waals surface area contributed by atoms with E-state index in [-0.39, 0.29) is 10.8 Å². The van der Waals surface area contributed by atoms with Crippen molar-refractivity contribution in [3.05, 3.63) is 0 Å². The van der Waals surface area contributed by atoms with Gasteiger partial charge < -0.3 is 5.11 Å². The summed E-state index contributed by atoms with van der Waals surface area (Å²) in [7, 11) is 0. The van der Waals surface area contributed by atoms with Gasteiger partial charge in [0.05, 0.1) is 5.41 Å². The molecule has 1 N–H and O–H groups in total. The third kappa shape index (κ3) is 3.83. The van der Waals surface area contributed by atoms with Crippen molar-refractivity contribution in [2.45, 2.75) is 84.0 Å². The van der Waals surface area contributed by atoms with Crippen LogP contribution in [0, 0.1) is 10.8 Å². The van der Waals surface area contributed by atoms with Gasteiger partial charge in [0.25, 0.3) is 0 Å². The molecule has 0 atom stereocenters. The summed E-state index contributed by atoms with van der Waals surface area (Å²) >= 11 is 0. The van der Waals surface area contributed by atoms with Crippen molar-refractivity contribution in [3.63, 3.8) is 0 Å². The highest BCUT2D eigenvalue weighted by Crippen LogP contribution is 2.51. The molecule has 0 saturated heterocycles. The van der Waals surface area contributed by atoms with Gasteiger partial charge in [-0.1, -0.05) is 38.5 Å². The fraction of sp³-hybridized carbons (Fsp3) is 0.882. The van der Waals surface area contributed by atoms with Gasteiger partial charge in [-0.15, -0.1) is 0 Å². The molecule has 0 aromatic rings. The minimum atomic E-state index is -0.587. The smallest absolute Gasteiger partial charge is 0.309 e. The molecule has 2 saturated carbocycles. The number of carbonyl (C=O) groups excluding carboxylic acids is 1. The van der Waals surface area contributed by atoms with Gasteiger partial charge in [0.1, 0.15) is 5.78 Å². The molecule has 114 valence electrons. The fourth-order valence-electron chi connectivity index (χ4n) is 3.28. The van der Waals surface area contributed by atoms with Gasteiger partial charge in [-0.25, -0.2) is 0 Å². The molecule has 0 spiro atoms. The van der Waals surface area contributed by atoms with E-state index in [0.29, 0.717) is 5.78 Å². The van der Waals surface area contributed by atoms with E-state index in [1.54, 1.807) is 6.92 Å². The highest BCUT2D eigenvalue weighted by Gasteiger charge is 2.49. The Bertz CT molecular complexity index is 328. The zero-order valence-electron chi connectivity index (χ0n) is 12.7. The van der Waals surface area contributed by atoms with E-state index in [0.717, 1.165) is 51.4 Å². The number of aliphatic carboxylic acids is 1. The average molecular weight is 280 g/mol. The first-order valence-corrected chi connectivity index (χ1v) is 8.25. The molecule has 0 amide bonds. The molecular weight excluding hydrogens is 252 g/mol. The van der Waals surface area contributed by atoms with Crippen LogP contribution in [0.15, 0.2) is 0 Å². The normalized spacial score (nSPS) is 21.4. The number of carboxylic acid groups (broad SMARTS) is 1. The van der Waals surface area contributed by atoms with E-state index >= 15 is 0 Å². The maximum Gasteiger partial charge on any atom is 0.309 e. The molecule has 2 fully saturated rings. The highest BCUT2D eigenvalue weighted by atomic mass is 16.4. The Hall–Kier alpha value is -0.860. The SMILES string of the molecule is CC(=O)C1(CCCCCCCCC2(C(=O)O)CC2)CC1. The standard InChI is InChI=1S/C17H28O3/c1-14(18)16(10-11-16)8-6-4-2-3-5-7-9-17(12-13-17)15(19)20/h2-13H2,1H3,(H,19,20). The van der Waals surface area contributed by atoms with Crippen molar-refractivity contribution < 1.29 is 14.7 Å². The van der Waals surface area contributed by atoms with E-state index in [1.165, 1.54) is 25.7 Å². The van der Waals surface area contributed by atoms with Crippen LogP contribution in [0.3, 0.4) is 0 Å². The summed E-state index contributed by atoms with van der Waals surface area (Å²) in [5.74, 6) is -0.197. The molecule has 20 heavy (non-hydrogen) atoms. The second kappa shape index (κ2) is 6.28. The van der Waals surface area contributed by atoms with E-state index < -0.39 is 5.97 Å². The molecule has 3 nitrogen and oxygen atoms in total. The van der Waals surface area contributed by atoms with Gasteiger partial charge >= 0.3 is 5.97 Å². The van der Waals surface area contributed by atoms with Gasteiger partial charge in [-0.05, 0) is 45.4 Å². The highest BCUT2D eigenvalue weighted by molar-refractivity contribution is 5.84. The largest absolute Gasteiger partial charge is 0.481 e. The van der Waals surface area contributed by atoms with Crippen molar-refractivity contribution in [1.82, 2.24) is 0 Å². The maximum absolute atomic E-state index is 11.4. The lowest BCUT2D eigenvalue weighted by atomic mass is 9.93. The summed E-state index contributed by atoms with van der Waals surface area (Å²) in [6.07, 6.45) is 13.0. The number of unbranched alkanes of at least 4 members (excludes halogenated alkanes) is 5. The molecule has 0 unspecified atom stereocenters. The minimum absolute atomic E-state index is 0.0832. The van der Waals surface area contributed by atoms with Crippen molar-refractivity contribution in [2.24, 2.45) is 10.8 Å². The summed E-state index contributed by atoms with van der Waals surface area (Å²) in [6, 6.07) is 0. The predicted molar refractivity (Wildman–Crippen MR) is 78.6 cm³/mol. The van der Waals surface area contributed by atoms with Crippen LogP contribution in [0.4, 0.5) is 0 Å². The lowest BCUT2D eigenvalue weighted by molar-refractivity contribution is -0.143. The van der Waals surface area contributed by atoms with Crippen LogP contribution >= 0.6 is 0 Å². The first-order valence-electron chi connectivity index (χ1n) is 8.25. The predicted octanol–water partition coefficient (Wildman–Crippen LogP) is 4.34. The Morgan fingerprint density at radius 1 is 0.800 bits per heavy atom. The third-order valence-corrected chi connectivity index (χ3v) is 5.47. The van der Waals surface area contributed by atoms with Crippen molar-refractivity contribution >= 4 is 11.8 Å². The molecule has 0 aliphatic heterocycles. The molecule has 2 aliphatic rings. The Morgan fingerprint density at radius 3 is 1.55 bits per heavy atom. The summed E-state index contributed by atoms with van der Waals surface area (Å²) in [4.78, 5) is 22.5. The third-order valence-electron chi connectivity index (χ3n) is 5.47. The van der Waals surface area contributed by atoms with Crippen molar-refractivity contribution in [3.8, 4) is 0 Å². The van der Waals surface area contributed by atoms with E-state index in [9.17, 15) is 9.59 Å². The summed E-state index contributed by atoms with van der Waals surface area (Å²) in [5, 5.41) is 9.08. The molecule has 0 aromatic heterocycles. The zero-order chi connectivity index (χ0) is 14.6. The van der Waals surface area contributed by atoms with Crippen LogP contribution in [0.25, 0.3) is 0 Å². The van der Waals surface area contributed by atoms with Crippen LogP contribution in [0.1, 0.15) is 84.0 Å². The van der Waals surface area contributed by atoms with Crippen LogP contribution in [-0.2, 0) is 9.59 Å². The Morgan fingerprint density at radius 2 is 1.20 bits per heavy atom. The maximum atomic E-state index is 11.4. The topological polar surface area (TPSA) is 54.4 Å². The molecular formula is C17H28O3. The Balaban J connectivity index is 1.43. The molecule has 0 bridgehead atoms. The number of carboxylic acids is 1. The number of Topliss-reactive ketones (excluding diaryl/α,β-unsaturated/α-hetero) is 1. The Labute approximate surface area is 122 Å².